The van der Waals surface area contributed by atoms with Gasteiger partial charge in [-0.05, 0) is 43.6 Å². The first-order valence-corrected chi connectivity index (χ1v) is 10.9. The van der Waals surface area contributed by atoms with Gasteiger partial charge in [-0.15, -0.1) is 0 Å². The SMILES string of the molecule is CSCc1ccc(C(=O)N2CCC(N3CCOCC3)C(CCCO)C2)o1. The number of thioether (sulfide) groups is 1. The van der Waals surface area contributed by atoms with Gasteiger partial charge in [-0.1, -0.05) is 0 Å². The molecule has 2 unspecified atom stereocenters. The quantitative estimate of drug-likeness (QED) is 0.779. The zero-order chi connectivity index (χ0) is 18.4. The second-order valence-corrected chi connectivity index (χ2v) is 7.95. The Kier molecular flexibility index (Phi) is 7.42. The summed E-state index contributed by atoms with van der Waals surface area (Å²) in [5, 5.41) is 9.27. The van der Waals surface area contributed by atoms with Crippen LogP contribution in [0, 0.1) is 5.92 Å². The first-order chi connectivity index (χ1) is 12.7. The van der Waals surface area contributed by atoms with Crippen molar-refractivity contribution in [3.8, 4) is 0 Å². The molecule has 1 aromatic heterocycles. The number of carbonyl (C=O) groups excluding carboxylic acids is 1. The molecule has 146 valence electrons. The van der Waals surface area contributed by atoms with Crippen LogP contribution in [-0.4, -0.2) is 79.1 Å². The molecule has 2 fully saturated rings. The third-order valence-corrected chi connectivity index (χ3v) is 5.96. The maximum atomic E-state index is 12.9. The van der Waals surface area contributed by atoms with Crippen molar-refractivity contribution in [2.75, 3.05) is 52.3 Å². The number of piperidine rings is 1. The summed E-state index contributed by atoms with van der Waals surface area (Å²) in [6, 6.07) is 4.16. The van der Waals surface area contributed by atoms with Crippen molar-refractivity contribution in [2.24, 2.45) is 5.92 Å². The van der Waals surface area contributed by atoms with Crippen molar-refractivity contribution in [3.05, 3.63) is 23.7 Å². The van der Waals surface area contributed by atoms with Crippen LogP contribution in [0.1, 0.15) is 35.6 Å². The summed E-state index contributed by atoms with van der Waals surface area (Å²) >= 11 is 1.68. The van der Waals surface area contributed by atoms with Gasteiger partial charge in [0.25, 0.3) is 5.91 Å². The minimum atomic E-state index is -0.00761. The second-order valence-electron chi connectivity index (χ2n) is 7.08. The van der Waals surface area contributed by atoms with Gasteiger partial charge in [-0.2, -0.15) is 11.8 Å². The number of furan rings is 1. The number of rotatable bonds is 7. The number of likely N-dealkylation sites (tertiary alicyclic amines) is 1. The van der Waals surface area contributed by atoms with E-state index >= 15 is 0 Å². The highest BCUT2D eigenvalue weighted by Gasteiger charge is 2.36. The van der Waals surface area contributed by atoms with Crippen molar-refractivity contribution in [3.63, 3.8) is 0 Å². The van der Waals surface area contributed by atoms with Crippen LogP contribution < -0.4 is 0 Å². The number of hydrogen-bond donors (Lipinski definition) is 1. The lowest BCUT2D eigenvalue weighted by molar-refractivity contribution is -0.0200. The summed E-state index contributed by atoms with van der Waals surface area (Å²) in [6.45, 7) is 5.20. The zero-order valence-electron chi connectivity index (χ0n) is 15.6. The van der Waals surface area contributed by atoms with E-state index in [2.05, 4.69) is 4.90 Å². The third-order valence-electron chi connectivity index (χ3n) is 5.39. The molecule has 3 heterocycles. The lowest BCUT2D eigenvalue weighted by Gasteiger charge is -2.45. The summed E-state index contributed by atoms with van der Waals surface area (Å²) in [6.07, 6.45) is 4.72. The fourth-order valence-electron chi connectivity index (χ4n) is 4.10. The molecule has 1 amide bonds. The largest absolute Gasteiger partial charge is 0.455 e. The molecule has 2 saturated heterocycles. The minimum absolute atomic E-state index is 0.00761. The standard InChI is InChI=1S/C19H30N2O4S/c1-26-14-16-4-5-18(25-16)19(23)21-7-6-17(15(13-21)3-2-10-22)20-8-11-24-12-9-20/h4-5,15,17,22H,2-3,6-14H2,1H3. The normalized spacial score (nSPS) is 24.8. The van der Waals surface area contributed by atoms with Gasteiger partial charge in [-0.3, -0.25) is 9.69 Å². The van der Waals surface area contributed by atoms with Gasteiger partial charge >= 0.3 is 0 Å². The fourth-order valence-corrected chi connectivity index (χ4v) is 4.54. The van der Waals surface area contributed by atoms with Crippen LogP contribution in [0.4, 0.5) is 0 Å². The molecule has 3 rings (SSSR count). The predicted molar refractivity (Wildman–Crippen MR) is 102 cm³/mol. The molecule has 0 aliphatic carbocycles. The lowest BCUT2D eigenvalue weighted by Crippen LogP contribution is -2.55. The predicted octanol–water partition coefficient (Wildman–Crippen LogP) is 2.08. The average Bonchev–Trinajstić information content (AvgIpc) is 3.15. The molecule has 1 N–H and O–H groups in total. The third kappa shape index (κ3) is 4.82. The number of hydrogen-bond acceptors (Lipinski definition) is 6. The lowest BCUT2D eigenvalue weighted by atomic mass is 9.86. The van der Waals surface area contributed by atoms with Crippen LogP contribution >= 0.6 is 11.8 Å². The van der Waals surface area contributed by atoms with Gasteiger partial charge in [0.2, 0.25) is 0 Å². The average molecular weight is 383 g/mol. The smallest absolute Gasteiger partial charge is 0.289 e. The molecule has 0 radical (unpaired) electrons. The van der Waals surface area contributed by atoms with E-state index in [0.29, 0.717) is 17.7 Å². The Hall–Kier alpha value is -1.02. The van der Waals surface area contributed by atoms with E-state index in [4.69, 9.17) is 9.15 Å². The Morgan fingerprint density at radius 1 is 1.31 bits per heavy atom. The highest BCUT2D eigenvalue weighted by molar-refractivity contribution is 7.97. The summed E-state index contributed by atoms with van der Waals surface area (Å²) in [5.41, 5.74) is 0. The van der Waals surface area contributed by atoms with Gasteiger partial charge < -0.3 is 19.2 Å². The first kappa shape index (κ1) is 19.7. The van der Waals surface area contributed by atoms with Crippen molar-refractivity contribution >= 4 is 17.7 Å². The van der Waals surface area contributed by atoms with Crippen LogP contribution in [0.25, 0.3) is 0 Å². The topological polar surface area (TPSA) is 66.2 Å². The van der Waals surface area contributed by atoms with Crippen LogP contribution in [0.5, 0.6) is 0 Å². The highest BCUT2D eigenvalue weighted by atomic mass is 32.2. The van der Waals surface area contributed by atoms with E-state index in [1.807, 2.05) is 17.2 Å². The second kappa shape index (κ2) is 9.78. The van der Waals surface area contributed by atoms with Gasteiger partial charge in [0.1, 0.15) is 5.76 Å². The molecule has 7 heteroatoms. The fraction of sp³-hybridized carbons (Fsp3) is 0.737. The first-order valence-electron chi connectivity index (χ1n) is 9.52. The molecule has 2 atom stereocenters. The Morgan fingerprint density at radius 2 is 2.12 bits per heavy atom. The molecular formula is C19H30N2O4S. The molecule has 0 spiro atoms. The van der Waals surface area contributed by atoms with Crippen LogP contribution in [-0.2, 0) is 10.5 Å². The van der Waals surface area contributed by atoms with Crippen molar-refractivity contribution < 1.29 is 19.1 Å². The van der Waals surface area contributed by atoms with Crippen LogP contribution in [0.2, 0.25) is 0 Å². The van der Waals surface area contributed by atoms with Gasteiger partial charge in [0.15, 0.2) is 5.76 Å². The number of nitrogens with zero attached hydrogens (tertiary/aromatic N) is 2. The molecule has 6 nitrogen and oxygen atoms in total. The van der Waals surface area contributed by atoms with E-state index in [1.165, 1.54) is 0 Å². The number of ether oxygens (including phenoxy) is 1. The summed E-state index contributed by atoms with van der Waals surface area (Å²) < 4.78 is 11.2. The van der Waals surface area contributed by atoms with Gasteiger partial charge in [0, 0.05) is 38.8 Å². The van der Waals surface area contributed by atoms with E-state index in [0.717, 1.165) is 70.2 Å². The van der Waals surface area contributed by atoms with Crippen molar-refractivity contribution in [2.45, 2.75) is 31.1 Å². The molecule has 1 aromatic rings. The number of morpholine rings is 1. The Balaban J connectivity index is 1.65. The summed E-state index contributed by atoms with van der Waals surface area (Å²) in [7, 11) is 0. The Morgan fingerprint density at radius 3 is 2.85 bits per heavy atom. The summed E-state index contributed by atoms with van der Waals surface area (Å²) in [5.74, 6) is 2.46. The van der Waals surface area contributed by atoms with E-state index in [-0.39, 0.29) is 12.5 Å². The van der Waals surface area contributed by atoms with E-state index in [1.54, 1.807) is 17.8 Å². The van der Waals surface area contributed by atoms with Crippen LogP contribution in [0.15, 0.2) is 16.5 Å². The molecule has 2 aliphatic heterocycles. The highest BCUT2D eigenvalue weighted by Crippen LogP contribution is 2.28. The maximum Gasteiger partial charge on any atom is 0.289 e. The monoisotopic (exact) mass is 382 g/mol. The zero-order valence-corrected chi connectivity index (χ0v) is 16.4. The number of carbonyl (C=O) groups is 1. The summed E-state index contributed by atoms with van der Waals surface area (Å²) in [4.78, 5) is 17.3. The van der Waals surface area contributed by atoms with E-state index in [9.17, 15) is 9.90 Å². The number of aliphatic hydroxyl groups is 1. The molecule has 26 heavy (non-hydrogen) atoms. The molecule has 0 aromatic carbocycles. The Labute approximate surface area is 159 Å². The Bertz CT molecular complexity index is 574. The molecule has 2 aliphatic rings. The number of amides is 1. The van der Waals surface area contributed by atoms with Crippen LogP contribution in [0.3, 0.4) is 0 Å². The molecular weight excluding hydrogens is 352 g/mol. The number of aliphatic hydroxyl groups excluding tert-OH is 1. The maximum absolute atomic E-state index is 12.9. The van der Waals surface area contributed by atoms with Gasteiger partial charge in [-0.25, -0.2) is 0 Å². The van der Waals surface area contributed by atoms with Crippen molar-refractivity contribution in [1.82, 2.24) is 9.80 Å². The van der Waals surface area contributed by atoms with Crippen molar-refractivity contribution in [1.29, 1.82) is 0 Å². The molecule has 0 bridgehead atoms. The van der Waals surface area contributed by atoms with Gasteiger partial charge in [0.05, 0.1) is 19.0 Å². The minimum Gasteiger partial charge on any atom is -0.455 e. The molecule has 0 saturated carbocycles. The van der Waals surface area contributed by atoms with E-state index < -0.39 is 0 Å².